The van der Waals surface area contributed by atoms with Gasteiger partial charge in [-0.2, -0.15) is 0 Å². The smallest absolute Gasteiger partial charge is 0.319 e. The molecule has 0 aliphatic rings. The molecule has 2 amide bonds. The molecular formula is C16H14FN3OS2. The van der Waals surface area contributed by atoms with Gasteiger partial charge in [-0.1, -0.05) is 18.2 Å². The zero-order chi connectivity index (χ0) is 16.2. The number of thiophene rings is 1. The van der Waals surface area contributed by atoms with Crippen LogP contribution in [0.3, 0.4) is 0 Å². The van der Waals surface area contributed by atoms with E-state index in [9.17, 15) is 9.18 Å². The second-order valence-corrected chi connectivity index (χ2v) is 6.82. The maximum Gasteiger partial charge on any atom is 0.319 e. The monoisotopic (exact) mass is 347 g/mol. The Morgan fingerprint density at radius 3 is 2.83 bits per heavy atom. The summed E-state index contributed by atoms with van der Waals surface area (Å²) in [6, 6.07) is 9.62. The minimum absolute atomic E-state index is 0.158. The summed E-state index contributed by atoms with van der Waals surface area (Å²) in [6.07, 6.45) is 0. The van der Waals surface area contributed by atoms with Crippen LogP contribution in [0.15, 0.2) is 41.8 Å². The lowest BCUT2D eigenvalue weighted by Gasteiger charge is -2.07. The molecule has 0 unspecified atom stereocenters. The van der Waals surface area contributed by atoms with Crippen LogP contribution in [-0.2, 0) is 6.54 Å². The predicted octanol–water partition coefficient (Wildman–Crippen LogP) is 4.64. The van der Waals surface area contributed by atoms with Gasteiger partial charge in [-0.05, 0) is 30.5 Å². The van der Waals surface area contributed by atoms with E-state index in [1.54, 1.807) is 34.8 Å². The second kappa shape index (κ2) is 6.89. The highest BCUT2D eigenvalue weighted by Gasteiger charge is 2.12. The van der Waals surface area contributed by atoms with E-state index in [4.69, 9.17) is 0 Å². The molecule has 0 saturated carbocycles. The molecule has 118 valence electrons. The molecule has 1 aromatic carbocycles. The first-order chi connectivity index (χ1) is 11.1. The fourth-order valence-corrected chi connectivity index (χ4v) is 3.79. The maximum absolute atomic E-state index is 13.5. The Balaban J connectivity index is 1.62. The number of hydrogen-bond donors (Lipinski definition) is 2. The van der Waals surface area contributed by atoms with Crippen molar-refractivity contribution in [2.24, 2.45) is 0 Å². The van der Waals surface area contributed by atoms with E-state index in [1.807, 2.05) is 24.4 Å². The number of aryl methyl sites for hydroxylation is 1. The molecular weight excluding hydrogens is 333 g/mol. The van der Waals surface area contributed by atoms with Crippen LogP contribution >= 0.6 is 22.7 Å². The Morgan fingerprint density at radius 1 is 1.26 bits per heavy atom. The third kappa shape index (κ3) is 3.75. The number of hydrogen-bond acceptors (Lipinski definition) is 4. The molecule has 4 nitrogen and oxygen atoms in total. The largest absolute Gasteiger partial charge is 0.333 e. The van der Waals surface area contributed by atoms with E-state index >= 15 is 0 Å². The van der Waals surface area contributed by atoms with Gasteiger partial charge in [0.05, 0.1) is 22.8 Å². The normalized spacial score (nSPS) is 10.5. The number of thiazole rings is 1. The van der Waals surface area contributed by atoms with Crippen LogP contribution in [0.1, 0.15) is 10.6 Å². The van der Waals surface area contributed by atoms with Gasteiger partial charge in [-0.3, -0.25) is 0 Å². The summed E-state index contributed by atoms with van der Waals surface area (Å²) in [4.78, 5) is 18.5. The Bertz CT molecular complexity index is 815. The van der Waals surface area contributed by atoms with Crippen LogP contribution < -0.4 is 10.6 Å². The van der Waals surface area contributed by atoms with Gasteiger partial charge in [0, 0.05) is 4.88 Å². The minimum atomic E-state index is -0.461. The molecule has 3 aromatic rings. The molecule has 0 aliphatic carbocycles. The zero-order valence-electron chi connectivity index (χ0n) is 12.3. The van der Waals surface area contributed by atoms with Crippen LogP contribution in [0.4, 0.5) is 14.9 Å². The summed E-state index contributed by atoms with van der Waals surface area (Å²) >= 11 is 3.18. The van der Waals surface area contributed by atoms with Gasteiger partial charge in [-0.15, -0.1) is 22.7 Å². The summed E-state index contributed by atoms with van der Waals surface area (Å²) in [5.74, 6) is -0.461. The molecule has 0 fully saturated rings. The first-order valence-electron chi connectivity index (χ1n) is 6.93. The van der Waals surface area contributed by atoms with Crippen molar-refractivity contribution in [1.29, 1.82) is 0 Å². The lowest BCUT2D eigenvalue weighted by molar-refractivity contribution is 0.251. The lowest BCUT2D eigenvalue weighted by Crippen LogP contribution is -2.28. The number of carbonyl (C=O) groups is 1. The summed E-state index contributed by atoms with van der Waals surface area (Å²) < 4.78 is 13.5. The number of aromatic nitrogens is 1. The maximum atomic E-state index is 13.5. The van der Waals surface area contributed by atoms with Crippen molar-refractivity contribution in [1.82, 2.24) is 10.3 Å². The SMILES string of the molecule is Cc1nc(-c2cccs2)sc1CNC(=O)Nc1ccccc1F. The number of rotatable bonds is 4. The highest BCUT2D eigenvalue weighted by Crippen LogP contribution is 2.30. The van der Waals surface area contributed by atoms with Crippen molar-refractivity contribution < 1.29 is 9.18 Å². The van der Waals surface area contributed by atoms with Crippen LogP contribution in [0.2, 0.25) is 0 Å². The van der Waals surface area contributed by atoms with Crippen LogP contribution in [0, 0.1) is 12.7 Å². The minimum Gasteiger partial charge on any atom is -0.333 e. The van der Waals surface area contributed by atoms with Crippen molar-refractivity contribution in [3.8, 4) is 9.88 Å². The van der Waals surface area contributed by atoms with E-state index in [-0.39, 0.29) is 5.69 Å². The van der Waals surface area contributed by atoms with Crippen molar-refractivity contribution >= 4 is 34.4 Å². The molecule has 3 rings (SSSR count). The molecule has 2 aromatic heterocycles. The number of amides is 2. The Labute approximate surface area is 141 Å². The van der Waals surface area contributed by atoms with E-state index in [2.05, 4.69) is 15.6 Å². The number of nitrogens with one attached hydrogen (secondary N) is 2. The Kier molecular flexibility index (Phi) is 4.68. The molecule has 0 aliphatic heterocycles. The first-order valence-corrected chi connectivity index (χ1v) is 8.62. The topological polar surface area (TPSA) is 54.0 Å². The number of anilines is 1. The number of para-hydroxylation sites is 1. The number of urea groups is 1. The molecule has 0 atom stereocenters. The van der Waals surface area contributed by atoms with E-state index in [1.165, 1.54) is 12.1 Å². The van der Waals surface area contributed by atoms with Crippen molar-refractivity contribution in [2.75, 3.05) is 5.32 Å². The molecule has 2 heterocycles. The van der Waals surface area contributed by atoms with Crippen molar-refractivity contribution in [3.05, 3.63) is 58.2 Å². The highest BCUT2D eigenvalue weighted by molar-refractivity contribution is 7.21. The van der Waals surface area contributed by atoms with Gasteiger partial charge in [-0.25, -0.2) is 14.2 Å². The molecule has 0 bridgehead atoms. The third-order valence-electron chi connectivity index (χ3n) is 3.16. The lowest BCUT2D eigenvalue weighted by atomic mass is 10.3. The summed E-state index contributed by atoms with van der Waals surface area (Å²) in [5.41, 5.74) is 1.05. The van der Waals surface area contributed by atoms with Gasteiger partial charge in [0.25, 0.3) is 0 Å². The van der Waals surface area contributed by atoms with Gasteiger partial charge >= 0.3 is 6.03 Å². The Hall–Kier alpha value is -2.25. The van der Waals surface area contributed by atoms with Crippen molar-refractivity contribution in [2.45, 2.75) is 13.5 Å². The highest BCUT2D eigenvalue weighted by atomic mass is 32.1. The standard InChI is InChI=1S/C16H14FN3OS2/c1-10-14(23-15(19-10)13-7-4-8-22-13)9-18-16(21)20-12-6-3-2-5-11(12)17/h2-8H,9H2,1H3,(H2,18,20,21). The number of benzene rings is 1. The second-order valence-electron chi connectivity index (χ2n) is 4.79. The fraction of sp³-hybridized carbons (Fsp3) is 0.125. The van der Waals surface area contributed by atoms with Crippen LogP contribution in [-0.4, -0.2) is 11.0 Å². The van der Waals surface area contributed by atoms with Gasteiger partial charge in [0.15, 0.2) is 0 Å². The van der Waals surface area contributed by atoms with E-state index in [0.717, 1.165) is 20.5 Å². The fourth-order valence-electron chi connectivity index (χ4n) is 1.99. The molecule has 7 heteroatoms. The van der Waals surface area contributed by atoms with Gasteiger partial charge in [0.1, 0.15) is 10.8 Å². The van der Waals surface area contributed by atoms with Gasteiger partial charge < -0.3 is 10.6 Å². The average molecular weight is 347 g/mol. The van der Waals surface area contributed by atoms with Crippen LogP contribution in [0.25, 0.3) is 9.88 Å². The van der Waals surface area contributed by atoms with Crippen molar-refractivity contribution in [3.63, 3.8) is 0 Å². The number of halogens is 1. The molecule has 0 radical (unpaired) electrons. The molecule has 2 N–H and O–H groups in total. The molecule has 0 spiro atoms. The van der Waals surface area contributed by atoms with Gasteiger partial charge in [0.2, 0.25) is 0 Å². The van der Waals surface area contributed by atoms with E-state index < -0.39 is 11.8 Å². The number of nitrogens with zero attached hydrogens (tertiary/aromatic N) is 1. The van der Waals surface area contributed by atoms with E-state index in [0.29, 0.717) is 6.54 Å². The summed E-state index contributed by atoms with van der Waals surface area (Å²) in [5, 5.41) is 8.18. The predicted molar refractivity (Wildman–Crippen MR) is 92.4 cm³/mol. The quantitative estimate of drug-likeness (QED) is 0.722. The third-order valence-corrected chi connectivity index (χ3v) is 5.35. The van der Waals surface area contributed by atoms with Crippen LogP contribution in [0.5, 0.6) is 0 Å². The Morgan fingerprint density at radius 2 is 2.09 bits per heavy atom. The molecule has 23 heavy (non-hydrogen) atoms. The summed E-state index contributed by atoms with van der Waals surface area (Å²) in [6.45, 7) is 2.27. The summed E-state index contributed by atoms with van der Waals surface area (Å²) in [7, 11) is 0. The first kappa shape index (κ1) is 15.6. The average Bonchev–Trinajstić information content (AvgIpc) is 3.17. The molecule has 0 saturated heterocycles. The number of carbonyl (C=O) groups excluding carboxylic acids is 1. The zero-order valence-corrected chi connectivity index (χ0v) is 13.9.